The summed E-state index contributed by atoms with van der Waals surface area (Å²) < 4.78 is 30.3. The first-order valence-electron chi connectivity index (χ1n) is 14.1. The number of hydrogen-bond donors (Lipinski definition) is 2. The summed E-state index contributed by atoms with van der Waals surface area (Å²) in [6.45, 7) is 3.86. The molecule has 224 valence electrons. The van der Waals surface area contributed by atoms with Crippen molar-refractivity contribution in [2.24, 2.45) is 5.92 Å². The van der Waals surface area contributed by atoms with E-state index in [0.29, 0.717) is 55.2 Å². The number of rotatable bonds is 9. The number of amides is 2. The molecule has 0 radical (unpaired) electrons. The van der Waals surface area contributed by atoms with Gasteiger partial charge >= 0.3 is 0 Å². The summed E-state index contributed by atoms with van der Waals surface area (Å²) in [6, 6.07) is 14.2. The van der Waals surface area contributed by atoms with Crippen LogP contribution in [0.5, 0.6) is 5.75 Å². The third-order valence-corrected chi connectivity index (χ3v) is 9.00. The number of nitrogens with one attached hydrogen (secondary N) is 2. The van der Waals surface area contributed by atoms with Gasteiger partial charge in [-0.05, 0) is 86.1 Å². The van der Waals surface area contributed by atoms with Crippen LogP contribution in [0.1, 0.15) is 54.9 Å². The van der Waals surface area contributed by atoms with Crippen LogP contribution in [0.3, 0.4) is 0 Å². The minimum absolute atomic E-state index is 0.0166. The van der Waals surface area contributed by atoms with Crippen LogP contribution in [0, 0.1) is 5.92 Å². The molecule has 0 spiro atoms. The smallest absolute Gasteiger partial charge is 0.255 e. The van der Waals surface area contributed by atoms with Crippen molar-refractivity contribution in [3.05, 3.63) is 98.7 Å². The van der Waals surface area contributed by atoms with Crippen LogP contribution in [-0.2, 0) is 21.2 Å². The van der Waals surface area contributed by atoms with Gasteiger partial charge in [-0.15, -0.1) is 0 Å². The van der Waals surface area contributed by atoms with Crippen LogP contribution in [0.2, 0.25) is 5.02 Å². The van der Waals surface area contributed by atoms with Crippen molar-refractivity contribution in [2.45, 2.75) is 45.6 Å². The average Bonchev–Trinajstić information content (AvgIpc) is 2.95. The Morgan fingerprint density at radius 1 is 1.10 bits per heavy atom. The highest BCUT2D eigenvalue weighted by Crippen LogP contribution is 2.31. The summed E-state index contributed by atoms with van der Waals surface area (Å²) in [4.78, 5) is 28.3. The zero-order chi connectivity index (χ0) is 30.3. The molecule has 1 fully saturated rings. The highest BCUT2D eigenvalue weighted by atomic mass is 35.5. The van der Waals surface area contributed by atoms with Crippen molar-refractivity contribution in [1.82, 2.24) is 15.5 Å². The number of methoxy groups -OCH3 is 1. The Morgan fingerprint density at radius 3 is 2.45 bits per heavy atom. The number of piperidine rings is 1. The maximum atomic E-state index is 13.3. The Kier molecular flexibility index (Phi) is 10.5. The molecule has 2 amide bonds. The molecule has 42 heavy (non-hydrogen) atoms. The average molecular weight is 612 g/mol. The van der Waals surface area contributed by atoms with E-state index in [-0.39, 0.29) is 22.6 Å². The minimum atomic E-state index is -3.51. The van der Waals surface area contributed by atoms with Crippen molar-refractivity contribution in [2.75, 3.05) is 26.5 Å². The normalized spacial score (nSPS) is 16.6. The van der Waals surface area contributed by atoms with Crippen molar-refractivity contribution in [3.63, 3.8) is 0 Å². The molecule has 10 heteroatoms. The van der Waals surface area contributed by atoms with Gasteiger partial charge in [-0.25, -0.2) is 8.42 Å². The molecule has 1 aliphatic heterocycles. The number of benzene rings is 2. The molecule has 8 nitrogen and oxygen atoms in total. The third kappa shape index (κ3) is 8.49. The number of allylic oxidation sites excluding steroid dienone is 3. The van der Waals surface area contributed by atoms with Gasteiger partial charge in [0.25, 0.3) is 5.91 Å². The molecule has 2 aliphatic rings. The van der Waals surface area contributed by atoms with E-state index in [0.717, 1.165) is 35.4 Å². The van der Waals surface area contributed by atoms with Crippen molar-refractivity contribution < 1.29 is 22.7 Å². The van der Waals surface area contributed by atoms with Crippen LogP contribution in [0.4, 0.5) is 0 Å². The third-order valence-electron chi connectivity index (χ3n) is 7.63. The van der Waals surface area contributed by atoms with Gasteiger partial charge in [0.15, 0.2) is 9.84 Å². The Bertz CT molecular complexity index is 1500. The van der Waals surface area contributed by atoms with Gasteiger partial charge < -0.3 is 20.3 Å². The summed E-state index contributed by atoms with van der Waals surface area (Å²) >= 11 is 6.11. The molecule has 0 aromatic heterocycles. The second-order valence-corrected chi connectivity index (χ2v) is 13.3. The number of hydrogen-bond acceptors (Lipinski definition) is 6. The topological polar surface area (TPSA) is 105 Å². The van der Waals surface area contributed by atoms with E-state index in [1.165, 1.54) is 6.26 Å². The fourth-order valence-corrected chi connectivity index (χ4v) is 6.25. The second kappa shape index (κ2) is 14.1. The lowest BCUT2D eigenvalue weighted by atomic mass is 9.91. The van der Waals surface area contributed by atoms with E-state index in [4.69, 9.17) is 16.3 Å². The number of ether oxygens (including phenoxy) is 1. The van der Waals surface area contributed by atoms with Crippen LogP contribution >= 0.6 is 11.6 Å². The van der Waals surface area contributed by atoms with Crippen LogP contribution < -0.4 is 15.4 Å². The minimum Gasteiger partial charge on any atom is -0.497 e. The van der Waals surface area contributed by atoms with Gasteiger partial charge in [-0.1, -0.05) is 35.9 Å². The van der Waals surface area contributed by atoms with E-state index in [1.807, 2.05) is 31.2 Å². The maximum absolute atomic E-state index is 13.3. The fourth-order valence-electron chi connectivity index (χ4n) is 5.31. The number of nitrogens with zero attached hydrogens (tertiary/aromatic N) is 1. The number of carbonyl (C=O) groups is 2. The van der Waals surface area contributed by atoms with E-state index >= 15 is 0 Å². The number of likely N-dealkylation sites (tertiary alicyclic amines) is 1. The number of carbonyl (C=O) groups excluding carboxylic acids is 2. The number of halogens is 1. The molecular weight excluding hydrogens is 574 g/mol. The summed E-state index contributed by atoms with van der Waals surface area (Å²) in [5, 5.41) is 6.43. The summed E-state index contributed by atoms with van der Waals surface area (Å²) in [6.07, 6.45) is 7.73. The van der Waals surface area contributed by atoms with Gasteiger partial charge in [-0.2, -0.15) is 0 Å². The van der Waals surface area contributed by atoms with Crippen molar-refractivity contribution >= 4 is 33.3 Å². The first kappa shape index (κ1) is 31.4. The first-order valence-corrected chi connectivity index (χ1v) is 16.3. The van der Waals surface area contributed by atoms with E-state index in [2.05, 4.69) is 15.5 Å². The highest BCUT2D eigenvalue weighted by Gasteiger charge is 2.28. The van der Waals surface area contributed by atoms with E-state index < -0.39 is 9.84 Å². The lowest BCUT2D eigenvalue weighted by Gasteiger charge is -2.37. The van der Waals surface area contributed by atoms with Crippen LogP contribution in [-0.4, -0.2) is 51.6 Å². The molecule has 2 N–H and O–H groups in total. The maximum Gasteiger partial charge on any atom is 0.255 e. The molecule has 0 unspecified atom stereocenters. The van der Waals surface area contributed by atoms with Gasteiger partial charge in [0.2, 0.25) is 5.91 Å². The zero-order valence-corrected chi connectivity index (χ0v) is 25.9. The molecule has 2 aromatic rings. The monoisotopic (exact) mass is 611 g/mol. The molecule has 1 saturated heterocycles. The zero-order valence-electron chi connectivity index (χ0n) is 24.3. The highest BCUT2D eigenvalue weighted by molar-refractivity contribution is 7.94. The predicted molar refractivity (Wildman–Crippen MR) is 166 cm³/mol. The Balaban J connectivity index is 1.46. The first-order chi connectivity index (χ1) is 20.0. The van der Waals surface area contributed by atoms with Gasteiger partial charge in [0, 0.05) is 42.9 Å². The Morgan fingerprint density at radius 2 is 1.81 bits per heavy atom. The Hall–Kier alpha value is -3.56. The van der Waals surface area contributed by atoms with Gasteiger partial charge in [0.1, 0.15) is 5.75 Å². The SMILES string of the molecule is COc1ccc(CNC(=O)CC2CCN(C3=C(C)CCC=C(S(C)(=O)=O)C=C3NC(=O)c3cccc(Cl)c3)CC2)cc1. The predicted octanol–water partition coefficient (Wildman–Crippen LogP) is 5.38. The van der Waals surface area contributed by atoms with Crippen molar-refractivity contribution in [1.29, 1.82) is 0 Å². The molecule has 2 aromatic carbocycles. The summed E-state index contributed by atoms with van der Waals surface area (Å²) in [7, 11) is -1.89. The molecule has 1 heterocycles. The summed E-state index contributed by atoms with van der Waals surface area (Å²) in [5.41, 5.74) is 3.73. The number of sulfone groups is 1. The van der Waals surface area contributed by atoms with E-state index in [9.17, 15) is 18.0 Å². The lowest BCUT2D eigenvalue weighted by Crippen LogP contribution is -2.39. The lowest BCUT2D eigenvalue weighted by molar-refractivity contribution is -0.122. The molecule has 0 bridgehead atoms. The largest absolute Gasteiger partial charge is 0.497 e. The second-order valence-electron chi connectivity index (χ2n) is 10.8. The van der Waals surface area contributed by atoms with Gasteiger partial charge in [0.05, 0.1) is 23.4 Å². The molecule has 1 aliphatic carbocycles. The molecule has 4 rings (SSSR count). The van der Waals surface area contributed by atoms with Crippen molar-refractivity contribution in [3.8, 4) is 5.75 Å². The van der Waals surface area contributed by atoms with Crippen LogP contribution in [0.25, 0.3) is 0 Å². The summed E-state index contributed by atoms with van der Waals surface area (Å²) in [5.74, 6) is 0.650. The molecule has 0 saturated carbocycles. The standard InChI is InChI=1S/C32H38ClN3O5S/c1-22-6-4-9-28(42(3,39)40)20-29(35-32(38)25-7-5-8-26(33)19-25)31(22)36-16-14-23(15-17-36)18-30(37)34-21-24-10-12-27(41-2)13-11-24/h5,7-13,19-20,23H,4,6,14-18,21H2,1-3H3,(H,34,37)(H,35,38). The van der Waals surface area contributed by atoms with Crippen LogP contribution in [0.15, 0.2) is 82.6 Å². The fraction of sp³-hybridized carbons (Fsp3) is 0.375. The quantitative estimate of drug-likeness (QED) is 0.395. The van der Waals surface area contributed by atoms with E-state index in [1.54, 1.807) is 43.5 Å². The molecular formula is C32H38ClN3O5S. The van der Waals surface area contributed by atoms with Gasteiger partial charge in [-0.3, -0.25) is 9.59 Å². The Labute approximate surface area is 253 Å². The molecule has 0 atom stereocenters.